The Balaban J connectivity index is 1.49. The van der Waals surface area contributed by atoms with Crippen molar-refractivity contribution < 1.29 is 4.74 Å². The van der Waals surface area contributed by atoms with E-state index in [9.17, 15) is 0 Å². The predicted octanol–water partition coefficient (Wildman–Crippen LogP) is 4.90. The fourth-order valence-corrected chi connectivity index (χ4v) is 2.93. The number of nitrogens with zero attached hydrogens (tertiary/aromatic N) is 4. The maximum Gasteiger partial charge on any atom is 0.127 e. The van der Waals surface area contributed by atoms with E-state index >= 15 is 0 Å². The Morgan fingerprint density at radius 2 is 1.00 bits per heavy atom. The van der Waals surface area contributed by atoms with Gasteiger partial charge in [-0.2, -0.15) is 10.2 Å². The van der Waals surface area contributed by atoms with Crippen molar-refractivity contribution in [2.75, 3.05) is 0 Å². The van der Waals surface area contributed by atoms with Crippen LogP contribution in [0.15, 0.2) is 60.7 Å². The lowest BCUT2D eigenvalue weighted by Gasteiger charge is -2.07. The van der Waals surface area contributed by atoms with E-state index in [1.54, 1.807) is 0 Å². The molecule has 5 heteroatoms. The fraction of sp³-hybridized carbons (Fsp3) is 0.182. The monoisotopic (exact) mass is 358 g/mol. The van der Waals surface area contributed by atoms with Crippen LogP contribution in [0, 0.1) is 13.8 Å². The Bertz CT molecular complexity index is 946. The molecule has 0 amide bonds. The Kier molecular flexibility index (Phi) is 4.28. The van der Waals surface area contributed by atoms with Crippen molar-refractivity contribution >= 4 is 0 Å². The summed E-state index contributed by atoms with van der Waals surface area (Å²) in [5, 5.41) is 9.02. The fourth-order valence-electron chi connectivity index (χ4n) is 2.93. The standard InChI is InChI=1S/C22H22N4O/c1-15-13-21(23-25(15)3)17-5-9-19(10-6-17)27-20-11-7-18(8-12-20)22-14-16(2)26(4)24-22/h5-14H,1-4H3. The van der Waals surface area contributed by atoms with Crippen molar-refractivity contribution in [3.63, 3.8) is 0 Å². The summed E-state index contributed by atoms with van der Waals surface area (Å²) in [6.07, 6.45) is 0. The summed E-state index contributed by atoms with van der Waals surface area (Å²) in [6.45, 7) is 4.09. The Morgan fingerprint density at radius 3 is 1.30 bits per heavy atom. The van der Waals surface area contributed by atoms with Gasteiger partial charge in [0.1, 0.15) is 11.5 Å². The highest BCUT2D eigenvalue weighted by molar-refractivity contribution is 5.62. The molecule has 0 N–H and O–H groups in total. The van der Waals surface area contributed by atoms with Gasteiger partial charge in [-0.15, -0.1) is 0 Å². The van der Waals surface area contributed by atoms with Gasteiger partial charge < -0.3 is 4.74 Å². The van der Waals surface area contributed by atoms with Crippen LogP contribution in [0.4, 0.5) is 0 Å². The van der Waals surface area contributed by atoms with Gasteiger partial charge in [-0.05, 0) is 74.5 Å². The van der Waals surface area contributed by atoms with Crippen molar-refractivity contribution in [2.45, 2.75) is 13.8 Å². The van der Waals surface area contributed by atoms with Crippen LogP contribution in [0.3, 0.4) is 0 Å². The average Bonchev–Trinajstić information content (AvgIpc) is 3.18. The van der Waals surface area contributed by atoms with Crippen molar-refractivity contribution in [1.29, 1.82) is 0 Å². The van der Waals surface area contributed by atoms with Gasteiger partial charge in [-0.25, -0.2) is 0 Å². The van der Waals surface area contributed by atoms with Gasteiger partial charge in [-0.1, -0.05) is 0 Å². The van der Waals surface area contributed by atoms with Crippen molar-refractivity contribution in [3.05, 3.63) is 72.1 Å². The maximum absolute atomic E-state index is 5.97. The second-order valence-electron chi connectivity index (χ2n) is 6.74. The number of benzene rings is 2. The van der Waals surface area contributed by atoms with Gasteiger partial charge in [0.2, 0.25) is 0 Å². The summed E-state index contributed by atoms with van der Waals surface area (Å²) in [7, 11) is 3.90. The van der Waals surface area contributed by atoms with Crippen LogP contribution in [-0.4, -0.2) is 19.6 Å². The lowest BCUT2D eigenvalue weighted by Crippen LogP contribution is -1.92. The SMILES string of the molecule is Cc1cc(-c2ccc(Oc3ccc(-c4cc(C)n(C)n4)cc3)cc2)nn1C. The molecule has 0 atom stereocenters. The molecule has 0 unspecified atom stereocenters. The number of hydrogen-bond acceptors (Lipinski definition) is 3. The normalized spacial score (nSPS) is 11.0. The summed E-state index contributed by atoms with van der Waals surface area (Å²) < 4.78 is 9.73. The molecule has 4 rings (SSSR count). The zero-order valence-electron chi connectivity index (χ0n) is 16.0. The highest BCUT2D eigenvalue weighted by Crippen LogP contribution is 2.27. The highest BCUT2D eigenvalue weighted by atomic mass is 16.5. The lowest BCUT2D eigenvalue weighted by atomic mass is 10.1. The van der Waals surface area contributed by atoms with E-state index in [4.69, 9.17) is 4.74 Å². The van der Waals surface area contributed by atoms with Gasteiger partial charge in [0.15, 0.2) is 0 Å². The third-order valence-electron chi connectivity index (χ3n) is 4.76. The van der Waals surface area contributed by atoms with E-state index in [2.05, 4.69) is 22.3 Å². The topological polar surface area (TPSA) is 44.9 Å². The van der Waals surface area contributed by atoms with Crippen LogP contribution >= 0.6 is 0 Å². The summed E-state index contributed by atoms with van der Waals surface area (Å²) in [5.41, 5.74) is 6.36. The highest BCUT2D eigenvalue weighted by Gasteiger charge is 2.07. The predicted molar refractivity (Wildman–Crippen MR) is 107 cm³/mol. The summed E-state index contributed by atoms with van der Waals surface area (Å²) in [5.74, 6) is 1.60. The van der Waals surface area contributed by atoms with Crippen molar-refractivity contribution in [1.82, 2.24) is 19.6 Å². The number of hydrogen-bond donors (Lipinski definition) is 0. The van der Waals surface area contributed by atoms with Crippen LogP contribution in [0.5, 0.6) is 11.5 Å². The number of ether oxygens (including phenoxy) is 1. The first-order valence-electron chi connectivity index (χ1n) is 8.89. The second-order valence-corrected chi connectivity index (χ2v) is 6.74. The van der Waals surface area contributed by atoms with Gasteiger partial charge in [0.25, 0.3) is 0 Å². The second kappa shape index (κ2) is 6.76. The minimum absolute atomic E-state index is 0.799. The summed E-state index contributed by atoms with van der Waals surface area (Å²) in [6, 6.07) is 20.1. The van der Waals surface area contributed by atoms with Gasteiger partial charge >= 0.3 is 0 Å². The molecule has 136 valence electrons. The minimum Gasteiger partial charge on any atom is -0.457 e. The van der Waals surface area contributed by atoms with E-state index in [0.717, 1.165) is 45.4 Å². The third kappa shape index (κ3) is 3.49. The molecule has 0 bridgehead atoms. The molecular formula is C22H22N4O. The first-order valence-corrected chi connectivity index (χ1v) is 8.89. The molecule has 2 aromatic carbocycles. The molecule has 0 radical (unpaired) electrons. The van der Waals surface area contributed by atoms with Crippen LogP contribution < -0.4 is 4.74 Å². The van der Waals surface area contributed by atoms with Crippen molar-refractivity contribution in [3.8, 4) is 34.0 Å². The van der Waals surface area contributed by atoms with E-state index < -0.39 is 0 Å². The molecule has 0 aliphatic carbocycles. The quantitative estimate of drug-likeness (QED) is 0.521. The molecule has 4 aromatic rings. The molecule has 0 fully saturated rings. The average molecular weight is 358 g/mol. The molecule has 2 heterocycles. The summed E-state index contributed by atoms with van der Waals surface area (Å²) in [4.78, 5) is 0. The molecule has 5 nitrogen and oxygen atoms in total. The third-order valence-corrected chi connectivity index (χ3v) is 4.76. The van der Waals surface area contributed by atoms with Gasteiger partial charge in [0, 0.05) is 36.6 Å². The molecule has 2 aromatic heterocycles. The number of aromatic nitrogens is 4. The smallest absolute Gasteiger partial charge is 0.127 e. The van der Waals surface area contributed by atoms with Gasteiger partial charge in [-0.3, -0.25) is 9.36 Å². The molecule has 0 aliphatic heterocycles. The molecule has 27 heavy (non-hydrogen) atoms. The van der Waals surface area contributed by atoms with Crippen LogP contribution in [0.1, 0.15) is 11.4 Å². The van der Waals surface area contributed by atoms with Crippen LogP contribution in [-0.2, 0) is 14.1 Å². The largest absolute Gasteiger partial charge is 0.457 e. The Hall–Kier alpha value is -3.34. The number of aryl methyl sites for hydroxylation is 4. The molecule has 0 saturated carbocycles. The first kappa shape index (κ1) is 17.1. The molecule has 0 aliphatic rings. The van der Waals surface area contributed by atoms with Crippen LogP contribution in [0.2, 0.25) is 0 Å². The van der Waals surface area contributed by atoms with E-state index in [0.29, 0.717) is 0 Å². The zero-order chi connectivity index (χ0) is 19.0. The number of rotatable bonds is 4. The van der Waals surface area contributed by atoms with Crippen molar-refractivity contribution in [2.24, 2.45) is 14.1 Å². The Labute approximate surface area is 158 Å². The molecule has 0 spiro atoms. The molecular weight excluding hydrogens is 336 g/mol. The van der Waals surface area contributed by atoms with E-state index in [1.165, 1.54) is 0 Å². The summed E-state index contributed by atoms with van der Waals surface area (Å²) >= 11 is 0. The Morgan fingerprint density at radius 1 is 0.630 bits per heavy atom. The van der Waals surface area contributed by atoms with Crippen LogP contribution in [0.25, 0.3) is 22.5 Å². The maximum atomic E-state index is 5.97. The lowest BCUT2D eigenvalue weighted by molar-refractivity contribution is 0.483. The molecule has 0 saturated heterocycles. The first-order chi connectivity index (χ1) is 13.0. The van der Waals surface area contributed by atoms with E-state index in [-0.39, 0.29) is 0 Å². The van der Waals surface area contributed by atoms with Gasteiger partial charge in [0.05, 0.1) is 11.4 Å². The van der Waals surface area contributed by atoms with E-state index in [1.807, 2.05) is 85.8 Å². The zero-order valence-corrected chi connectivity index (χ0v) is 16.0. The minimum atomic E-state index is 0.799.